The largest absolute Gasteiger partial charge is 0.472 e. The van der Waals surface area contributed by atoms with Crippen molar-refractivity contribution in [1.29, 1.82) is 0 Å². The Labute approximate surface area is 199 Å². The van der Waals surface area contributed by atoms with E-state index >= 15 is 0 Å². The van der Waals surface area contributed by atoms with E-state index in [1.807, 2.05) is 24.7 Å². The highest BCUT2D eigenvalue weighted by atomic mass is 16.5. The van der Waals surface area contributed by atoms with Crippen LogP contribution in [-0.4, -0.2) is 28.0 Å². The number of para-hydroxylation sites is 2. The monoisotopic (exact) mass is 449 g/mol. The molecule has 2 aromatic heterocycles. The van der Waals surface area contributed by atoms with Gasteiger partial charge in [-0.3, -0.25) is 9.88 Å². The molecule has 0 amide bonds. The van der Waals surface area contributed by atoms with Gasteiger partial charge in [0.1, 0.15) is 0 Å². The summed E-state index contributed by atoms with van der Waals surface area (Å²) in [6, 6.07) is 22.9. The molecule has 34 heavy (non-hydrogen) atoms. The lowest BCUT2D eigenvalue weighted by Gasteiger charge is -2.46. The Balaban J connectivity index is 1.23. The van der Waals surface area contributed by atoms with Crippen LogP contribution in [0.25, 0.3) is 11.1 Å². The van der Waals surface area contributed by atoms with Crippen molar-refractivity contribution < 1.29 is 9.15 Å². The van der Waals surface area contributed by atoms with Gasteiger partial charge in [0.15, 0.2) is 11.5 Å². The molecule has 0 aliphatic carbocycles. The van der Waals surface area contributed by atoms with Gasteiger partial charge in [0.2, 0.25) is 0 Å². The molecule has 2 aromatic carbocycles. The van der Waals surface area contributed by atoms with Crippen LogP contribution in [0.4, 0.5) is 11.4 Å². The zero-order valence-corrected chi connectivity index (χ0v) is 19.0. The van der Waals surface area contributed by atoms with Gasteiger partial charge in [-0.1, -0.05) is 24.3 Å². The average Bonchev–Trinajstić information content (AvgIpc) is 3.47. The normalized spacial score (nSPS) is 23.3. The van der Waals surface area contributed by atoms with Crippen molar-refractivity contribution in [2.24, 2.45) is 0 Å². The van der Waals surface area contributed by atoms with Crippen LogP contribution in [0.3, 0.4) is 0 Å². The molecule has 2 fully saturated rings. The number of hydrogen-bond donors (Lipinski definition) is 0. The molecule has 0 N–H and O–H groups in total. The summed E-state index contributed by atoms with van der Waals surface area (Å²) >= 11 is 0. The Kier molecular flexibility index (Phi) is 4.69. The number of rotatable bonds is 4. The van der Waals surface area contributed by atoms with Gasteiger partial charge in [0, 0.05) is 48.2 Å². The summed E-state index contributed by atoms with van der Waals surface area (Å²) in [5.74, 6) is 1.86. The Morgan fingerprint density at radius 1 is 0.824 bits per heavy atom. The van der Waals surface area contributed by atoms with E-state index < -0.39 is 0 Å². The Bertz CT molecular complexity index is 1290. The minimum absolute atomic E-state index is 0.450. The lowest BCUT2D eigenvalue weighted by Crippen LogP contribution is -2.49. The van der Waals surface area contributed by atoms with E-state index in [-0.39, 0.29) is 0 Å². The molecule has 5 heterocycles. The zero-order valence-electron chi connectivity index (χ0n) is 19.0. The Morgan fingerprint density at radius 2 is 1.68 bits per heavy atom. The van der Waals surface area contributed by atoms with E-state index in [2.05, 4.69) is 69.4 Å². The van der Waals surface area contributed by atoms with E-state index in [4.69, 9.17) is 9.15 Å². The van der Waals surface area contributed by atoms with E-state index in [0.717, 1.165) is 42.0 Å². The number of hydrogen-bond acceptors (Lipinski definition) is 5. The minimum Gasteiger partial charge on any atom is -0.472 e. The lowest BCUT2D eigenvalue weighted by molar-refractivity contribution is 0.119. The fraction of sp³-hybridized carbons (Fsp3) is 0.276. The van der Waals surface area contributed by atoms with Crippen LogP contribution in [0, 0.1) is 0 Å². The molecule has 0 saturated carbocycles. The van der Waals surface area contributed by atoms with Crippen LogP contribution in [0.2, 0.25) is 0 Å². The number of furan rings is 1. The average molecular weight is 450 g/mol. The second kappa shape index (κ2) is 8.03. The molecule has 7 rings (SSSR count). The number of nitrogens with zero attached hydrogens (tertiary/aromatic N) is 3. The molecule has 2 bridgehead atoms. The molecule has 2 atom stereocenters. The van der Waals surface area contributed by atoms with Crippen molar-refractivity contribution in [2.45, 2.75) is 50.4 Å². The van der Waals surface area contributed by atoms with E-state index in [1.165, 1.54) is 29.8 Å². The number of fused-ring (bicyclic) bond motifs is 4. The van der Waals surface area contributed by atoms with Crippen molar-refractivity contribution in [2.75, 3.05) is 4.90 Å². The van der Waals surface area contributed by atoms with Crippen molar-refractivity contribution in [3.63, 3.8) is 0 Å². The quantitative estimate of drug-likeness (QED) is 0.343. The van der Waals surface area contributed by atoms with Crippen LogP contribution in [0.1, 0.15) is 31.2 Å². The molecule has 3 aliphatic rings. The standard InChI is InChI=1S/C29H27N3O2/c1-2-6-28-26(5-1)32(27-10-7-21(14-29(27)34-28)22-4-3-12-30-17-22)25-15-23-8-9-24(16-25)31(23)18-20-11-13-33-19-20/h1-7,10-14,17,19,23-25H,8-9,15-16,18H2. The molecule has 5 nitrogen and oxygen atoms in total. The van der Waals surface area contributed by atoms with E-state index in [1.54, 1.807) is 6.26 Å². The van der Waals surface area contributed by atoms with Crippen molar-refractivity contribution in [3.8, 4) is 22.6 Å². The van der Waals surface area contributed by atoms with Crippen molar-refractivity contribution in [1.82, 2.24) is 9.88 Å². The summed E-state index contributed by atoms with van der Waals surface area (Å²) < 4.78 is 11.8. The first-order chi connectivity index (χ1) is 16.8. The van der Waals surface area contributed by atoms with Gasteiger partial charge in [-0.2, -0.15) is 0 Å². The third-order valence-corrected chi connectivity index (χ3v) is 7.73. The molecule has 5 heteroatoms. The van der Waals surface area contributed by atoms with Gasteiger partial charge in [-0.15, -0.1) is 0 Å². The third kappa shape index (κ3) is 3.31. The predicted molar refractivity (Wildman–Crippen MR) is 132 cm³/mol. The Hall–Kier alpha value is -3.57. The fourth-order valence-electron chi connectivity index (χ4n) is 6.20. The van der Waals surface area contributed by atoms with Crippen LogP contribution < -0.4 is 9.64 Å². The van der Waals surface area contributed by atoms with Crippen LogP contribution in [0.15, 0.2) is 90.0 Å². The highest BCUT2D eigenvalue weighted by molar-refractivity contribution is 5.81. The van der Waals surface area contributed by atoms with Gasteiger partial charge in [0.25, 0.3) is 0 Å². The number of piperidine rings is 1. The number of aromatic nitrogens is 1. The van der Waals surface area contributed by atoms with E-state index in [0.29, 0.717) is 18.1 Å². The summed E-state index contributed by atoms with van der Waals surface area (Å²) in [6.45, 7) is 0.989. The first-order valence-corrected chi connectivity index (χ1v) is 12.2. The molecule has 170 valence electrons. The Morgan fingerprint density at radius 3 is 2.47 bits per heavy atom. The predicted octanol–water partition coefficient (Wildman–Crippen LogP) is 6.78. The van der Waals surface area contributed by atoms with Crippen molar-refractivity contribution >= 4 is 11.4 Å². The van der Waals surface area contributed by atoms with Crippen molar-refractivity contribution in [3.05, 3.63) is 91.1 Å². The number of anilines is 2. The summed E-state index contributed by atoms with van der Waals surface area (Å²) in [5, 5.41) is 0. The van der Waals surface area contributed by atoms with Gasteiger partial charge >= 0.3 is 0 Å². The smallest absolute Gasteiger partial charge is 0.151 e. The van der Waals surface area contributed by atoms with Gasteiger partial charge in [-0.25, -0.2) is 0 Å². The molecular weight excluding hydrogens is 422 g/mol. The van der Waals surface area contributed by atoms with Gasteiger partial charge in [-0.05, 0) is 67.6 Å². The lowest BCUT2D eigenvalue weighted by atomic mass is 9.93. The van der Waals surface area contributed by atoms with Gasteiger partial charge in [0.05, 0.1) is 23.9 Å². The molecule has 4 aromatic rings. The molecule has 2 unspecified atom stereocenters. The fourth-order valence-corrected chi connectivity index (χ4v) is 6.20. The second-order valence-electron chi connectivity index (χ2n) is 9.68. The SMILES string of the molecule is c1cncc(-c2ccc3c(c2)Oc2ccccc2N3C2CC3CCC(C2)N3Cc2ccoc2)c1. The highest BCUT2D eigenvalue weighted by Crippen LogP contribution is 2.51. The number of ether oxygens (including phenoxy) is 1. The van der Waals surface area contributed by atoms with Crippen LogP contribution in [0.5, 0.6) is 11.5 Å². The maximum absolute atomic E-state index is 6.44. The summed E-state index contributed by atoms with van der Waals surface area (Å²) in [5.41, 5.74) is 5.85. The number of pyridine rings is 1. The topological polar surface area (TPSA) is 41.7 Å². The third-order valence-electron chi connectivity index (χ3n) is 7.73. The molecule has 2 saturated heterocycles. The highest BCUT2D eigenvalue weighted by Gasteiger charge is 2.44. The second-order valence-corrected chi connectivity index (χ2v) is 9.68. The van der Waals surface area contributed by atoms with E-state index in [9.17, 15) is 0 Å². The first-order valence-electron chi connectivity index (χ1n) is 12.2. The zero-order chi connectivity index (χ0) is 22.5. The van der Waals surface area contributed by atoms with Gasteiger partial charge < -0.3 is 14.1 Å². The molecule has 3 aliphatic heterocycles. The maximum atomic E-state index is 6.44. The minimum atomic E-state index is 0.450. The first kappa shape index (κ1) is 19.9. The molecular formula is C29H27N3O2. The molecule has 0 spiro atoms. The van der Waals surface area contributed by atoms with Crippen LogP contribution in [-0.2, 0) is 6.54 Å². The summed E-state index contributed by atoms with van der Waals surface area (Å²) in [7, 11) is 0. The summed E-state index contributed by atoms with van der Waals surface area (Å²) in [4.78, 5) is 9.56. The van der Waals surface area contributed by atoms with Crippen LogP contribution >= 0.6 is 0 Å². The summed E-state index contributed by atoms with van der Waals surface area (Å²) in [6.07, 6.45) is 12.3. The maximum Gasteiger partial charge on any atom is 0.151 e. The number of benzene rings is 2. The molecule has 0 radical (unpaired) electrons.